The third kappa shape index (κ3) is 2.34. The zero-order chi connectivity index (χ0) is 12.3. The fourth-order valence-electron chi connectivity index (χ4n) is 1.75. The van der Waals surface area contributed by atoms with Gasteiger partial charge in [0.15, 0.2) is 6.29 Å². The molecule has 0 amide bonds. The molecule has 3 nitrogen and oxygen atoms in total. The van der Waals surface area contributed by atoms with Crippen molar-refractivity contribution in [1.82, 2.24) is 0 Å². The number of nitrogens with two attached hydrogens (primary N) is 2. The first kappa shape index (κ1) is 11.4. The molecule has 0 unspecified atom stereocenters. The first-order valence-corrected chi connectivity index (χ1v) is 5.38. The highest BCUT2D eigenvalue weighted by Crippen LogP contribution is 2.25. The van der Waals surface area contributed by atoms with Crippen molar-refractivity contribution in [2.45, 2.75) is 6.54 Å². The minimum absolute atomic E-state index is 0.512. The van der Waals surface area contributed by atoms with E-state index in [1.54, 1.807) is 18.2 Å². The first-order valence-electron chi connectivity index (χ1n) is 5.38. The van der Waals surface area contributed by atoms with Crippen LogP contribution >= 0.6 is 0 Å². The molecule has 4 N–H and O–H groups in total. The Labute approximate surface area is 100 Å². The molecule has 0 aliphatic carbocycles. The summed E-state index contributed by atoms with van der Waals surface area (Å²) in [4.78, 5) is 11.0. The van der Waals surface area contributed by atoms with Gasteiger partial charge in [-0.05, 0) is 34.9 Å². The van der Waals surface area contributed by atoms with Crippen LogP contribution in [0.2, 0.25) is 0 Å². The quantitative estimate of drug-likeness (QED) is 0.622. The van der Waals surface area contributed by atoms with Crippen molar-refractivity contribution in [2.75, 3.05) is 5.73 Å². The van der Waals surface area contributed by atoms with Crippen molar-refractivity contribution in [2.24, 2.45) is 5.73 Å². The summed E-state index contributed by atoms with van der Waals surface area (Å²) < 4.78 is 0. The minimum atomic E-state index is 0.512. The summed E-state index contributed by atoms with van der Waals surface area (Å²) in [6, 6.07) is 13.1. The third-order valence-corrected chi connectivity index (χ3v) is 2.70. The molecule has 0 fully saturated rings. The van der Waals surface area contributed by atoms with Gasteiger partial charge in [-0.15, -0.1) is 0 Å². The van der Waals surface area contributed by atoms with E-state index in [4.69, 9.17) is 11.5 Å². The Morgan fingerprint density at radius 2 is 1.76 bits per heavy atom. The predicted molar refractivity (Wildman–Crippen MR) is 69.6 cm³/mol. The number of aldehydes is 1. The van der Waals surface area contributed by atoms with E-state index in [1.807, 2.05) is 24.3 Å². The van der Waals surface area contributed by atoms with Gasteiger partial charge >= 0.3 is 0 Å². The summed E-state index contributed by atoms with van der Waals surface area (Å²) in [5.74, 6) is 0. The van der Waals surface area contributed by atoms with Crippen LogP contribution in [0, 0.1) is 0 Å². The van der Waals surface area contributed by atoms with Crippen molar-refractivity contribution >= 4 is 12.0 Å². The predicted octanol–water partition coefficient (Wildman–Crippen LogP) is 2.21. The molecule has 2 rings (SSSR count). The molecule has 0 saturated carbocycles. The van der Waals surface area contributed by atoms with E-state index in [9.17, 15) is 4.79 Å². The molecule has 0 atom stereocenters. The molecule has 3 heteroatoms. The number of rotatable bonds is 3. The highest BCUT2D eigenvalue weighted by molar-refractivity contribution is 5.88. The second kappa shape index (κ2) is 4.80. The summed E-state index contributed by atoms with van der Waals surface area (Å²) in [7, 11) is 0. The van der Waals surface area contributed by atoms with Gasteiger partial charge in [-0.25, -0.2) is 0 Å². The van der Waals surface area contributed by atoms with E-state index in [0.29, 0.717) is 17.8 Å². The van der Waals surface area contributed by atoms with Gasteiger partial charge in [0.05, 0.1) is 0 Å². The Balaban J connectivity index is 2.50. The summed E-state index contributed by atoms with van der Waals surface area (Å²) in [6.45, 7) is 0.512. The van der Waals surface area contributed by atoms with Gasteiger partial charge in [-0.3, -0.25) is 4.79 Å². The SMILES string of the molecule is NCc1ccc(-c2cc(N)ccc2C=O)cc1. The average molecular weight is 226 g/mol. The van der Waals surface area contributed by atoms with Crippen LogP contribution in [0.25, 0.3) is 11.1 Å². The topological polar surface area (TPSA) is 69.1 Å². The van der Waals surface area contributed by atoms with E-state index in [0.717, 1.165) is 23.0 Å². The summed E-state index contributed by atoms with van der Waals surface area (Å²) in [5, 5.41) is 0. The largest absolute Gasteiger partial charge is 0.399 e. The lowest BCUT2D eigenvalue weighted by molar-refractivity contribution is 0.112. The molecule has 0 bridgehead atoms. The number of carbonyl (C=O) groups excluding carboxylic acids is 1. The van der Waals surface area contributed by atoms with E-state index < -0.39 is 0 Å². The second-order valence-electron chi connectivity index (χ2n) is 3.87. The Hall–Kier alpha value is -2.13. The van der Waals surface area contributed by atoms with E-state index in [1.165, 1.54) is 0 Å². The highest BCUT2D eigenvalue weighted by Gasteiger charge is 2.05. The fourth-order valence-corrected chi connectivity index (χ4v) is 1.75. The number of carbonyl (C=O) groups is 1. The van der Waals surface area contributed by atoms with Gasteiger partial charge in [0.1, 0.15) is 0 Å². The molecule has 17 heavy (non-hydrogen) atoms. The number of hydrogen-bond acceptors (Lipinski definition) is 3. The molecule has 0 heterocycles. The number of hydrogen-bond donors (Lipinski definition) is 2. The van der Waals surface area contributed by atoms with E-state index in [-0.39, 0.29) is 0 Å². The zero-order valence-electron chi connectivity index (χ0n) is 9.39. The molecular formula is C14H14N2O. The smallest absolute Gasteiger partial charge is 0.150 e. The molecule has 0 spiro atoms. The van der Waals surface area contributed by atoms with Crippen LogP contribution in [-0.2, 0) is 6.54 Å². The lowest BCUT2D eigenvalue weighted by atomic mass is 9.99. The van der Waals surface area contributed by atoms with Gasteiger partial charge in [-0.1, -0.05) is 24.3 Å². The van der Waals surface area contributed by atoms with Gasteiger partial charge in [0, 0.05) is 17.8 Å². The molecule has 2 aromatic rings. The molecule has 2 aromatic carbocycles. The molecule has 0 aromatic heterocycles. The third-order valence-electron chi connectivity index (χ3n) is 2.70. The van der Waals surface area contributed by atoms with Gasteiger partial charge in [0.25, 0.3) is 0 Å². The van der Waals surface area contributed by atoms with E-state index in [2.05, 4.69) is 0 Å². The second-order valence-corrected chi connectivity index (χ2v) is 3.87. The normalized spacial score (nSPS) is 10.2. The van der Waals surface area contributed by atoms with Gasteiger partial charge in [-0.2, -0.15) is 0 Å². The maximum absolute atomic E-state index is 11.0. The van der Waals surface area contributed by atoms with Crippen LogP contribution in [0.3, 0.4) is 0 Å². The molecule has 0 radical (unpaired) electrons. The summed E-state index contributed by atoms with van der Waals surface area (Å²) >= 11 is 0. The molecule has 0 aliphatic rings. The average Bonchev–Trinajstić information content (AvgIpc) is 2.39. The summed E-state index contributed by atoms with van der Waals surface area (Å²) in [5.41, 5.74) is 15.4. The Morgan fingerprint density at radius 3 is 2.35 bits per heavy atom. The Morgan fingerprint density at radius 1 is 1.06 bits per heavy atom. The van der Waals surface area contributed by atoms with Crippen LogP contribution in [0.4, 0.5) is 5.69 Å². The van der Waals surface area contributed by atoms with Crippen molar-refractivity contribution in [1.29, 1.82) is 0 Å². The number of benzene rings is 2. The molecule has 0 aliphatic heterocycles. The Bertz CT molecular complexity index is 532. The minimum Gasteiger partial charge on any atom is -0.399 e. The Kier molecular flexibility index (Phi) is 3.21. The molecule has 0 saturated heterocycles. The van der Waals surface area contributed by atoms with E-state index >= 15 is 0 Å². The van der Waals surface area contributed by atoms with Crippen LogP contribution in [0.1, 0.15) is 15.9 Å². The first-order chi connectivity index (χ1) is 8.24. The van der Waals surface area contributed by atoms with Crippen molar-refractivity contribution in [3.8, 4) is 11.1 Å². The van der Waals surface area contributed by atoms with Crippen LogP contribution in [0.15, 0.2) is 42.5 Å². The molecule has 86 valence electrons. The van der Waals surface area contributed by atoms with Crippen molar-refractivity contribution in [3.05, 3.63) is 53.6 Å². The summed E-state index contributed by atoms with van der Waals surface area (Å²) in [6.07, 6.45) is 0.839. The van der Waals surface area contributed by atoms with Crippen LogP contribution < -0.4 is 11.5 Å². The zero-order valence-corrected chi connectivity index (χ0v) is 9.39. The lowest BCUT2D eigenvalue weighted by Gasteiger charge is -2.07. The number of anilines is 1. The van der Waals surface area contributed by atoms with Crippen molar-refractivity contribution < 1.29 is 4.79 Å². The standard InChI is InChI=1S/C14H14N2O/c15-8-10-1-3-11(4-2-10)14-7-13(16)6-5-12(14)9-17/h1-7,9H,8,15-16H2. The van der Waals surface area contributed by atoms with Crippen LogP contribution in [0.5, 0.6) is 0 Å². The maximum Gasteiger partial charge on any atom is 0.150 e. The lowest BCUT2D eigenvalue weighted by Crippen LogP contribution is -1.96. The van der Waals surface area contributed by atoms with Crippen molar-refractivity contribution in [3.63, 3.8) is 0 Å². The monoisotopic (exact) mass is 226 g/mol. The highest BCUT2D eigenvalue weighted by atomic mass is 16.1. The number of nitrogen functional groups attached to an aromatic ring is 1. The van der Waals surface area contributed by atoms with Gasteiger partial charge in [0.2, 0.25) is 0 Å². The van der Waals surface area contributed by atoms with Gasteiger partial charge < -0.3 is 11.5 Å². The molecular weight excluding hydrogens is 212 g/mol. The van der Waals surface area contributed by atoms with Crippen LogP contribution in [-0.4, -0.2) is 6.29 Å². The fraction of sp³-hybridized carbons (Fsp3) is 0.0714. The maximum atomic E-state index is 11.0.